The van der Waals surface area contributed by atoms with Crippen LogP contribution in [-0.4, -0.2) is 44.7 Å². The second kappa shape index (κ2) is 7.81. The Hall–Kier alpha value is -1.97. The first-order valence-electron chi connectivity index (χ1n) is 9.37. The van der Waals surface area contributed by atoms with Gasteiger partial charge in [-0.25, -0.2) is 17.5 Å². The molecule has 1 saturated carbocycles. The maximum atomic E-state index is 14.4. The third-order valence-electron chi connectivity index (χ3n) is 5.06. The van der Waals surface area contributed by atoms with Gasteiger partial charge in [0.15, 0.2) is 0 Å². The Balaban J connectivity index is 1.40. The lowest BCUT2D eigenvalue weighted by Gasteiger charge is -2.31. The number of rotatable bonds is 7. The summed E-state index contributed by atoms with van der Waals surface area (Å²) in [5.74, 6) is 0.377. The molecule has 28 heavy (non-hydrogen) atoms. The number of aryl methyl sites for hydroxylation is 1. The molecule has 4 rings (SSSR count). The molecule has 7 nitrogen and oxygen atoms in total. The van der Waals surface area contributed by atoms with Crippen molar-refractivity contribution in [2.45, 2.75) is 37.5 Å². The molecule has 0 spiro atoms. The van der Waals surface area contributed by atoms with E-state index in [0.29, 0.717) is 42.4 Å². The van der Waals surface area contributed by atoms with Crippen LogP contribution in [0.15, 0.2) is 28.8 Å². The molecule has 1 aromatic carbocycles. The maximum Gasteiger partial charge on any atom is 0.214 e. The SMILES string of the molecule is Cc1cc(-c2ccc(OC[C@H]3COCC[C@@H]3NS(=O)(=O)C3CC3)cc2F)no1. The number of ether oxygens (including phenoxy) is 2. The minimum Gasteiger partial charge on any atom is -0.493 e. The van der Waals surface area contributed by atoms with Crippen LogP contribution in [0.2, 0.25) is 0 Å². The van der Waals surface area contributed by atoms with E-state index < -0.39 is 15.8 Å². The van der Waals surface area contributed by atoms with Gasteiger partial charge in [-0.15, -0.1) is 0 Å². The van der Waals surface area contributed by atoms with Gasteiger partial charge in [0.1, 0.15) is 23.0 Å². The van der Waals surface area contributed by atoms with E-state index in [1.807, 2.05) is 0 Å². The van der Waals surface area contributed by atoms with Crippen LogP contribution in [-0.2, 0) is 14.8 Å². The average molecular weight is 410 g/mol. The molecule has 0 bridgehead atoms. The highest BCUT2D eigenvalue weighted by Crippen LogP contribution is 2.30. The fourth-order valence-electron chi connectivity index (χ4n) is 3.29. The van der Waals surface area contributed by atoms with Crippen molar-refractivity contribution in [3.8, 4) is 17.0 Å². The summed E-state index contributed by atoms with van der Waals surface area (Å²) >= 11 is 0. The number of halogens is 1. The Kier molecular flexibility index (Phi) is 5.39. The van der Waals surface area contributed by atoms with Crippen molar-refractivity contribution in [3.05, 3.63) is 35.8 Å². The summed E-state index contributed by atoms with van der Waals surface area (Å²) in [5, 5.41) is 3.56. The zero-order valence-electron chi connectivity index (χ0n) is 15.6. The van der Waals surface area contributed by atoms with E-state index in [2.05, 4.69) is 9.88 Å². The van der Waals surface area contributed by atoms with Gasteiger partial charge in [0, 0.05) is 36.3 Å². The summed E-state index contributed by atoms with van der Waals surface area (Å²) in [6, 6.07) is 5.98. The summed E-state index contributed by atoms with van der Waals surface area (Å²) in [5.41, 5.74) is 0.761. The smallest absolute Gasteiger partial charge is 0.214 e. The van der Waals surface area contributed by atoms with Crippen LogP contribution < -0.4 is 9.46 Å². The molecule has 0 radical (unpaired) electrons. The van der Waals surface area contributed by atoms with Gasteiger partial charge in [-0.1, -0.05) is 5.16 Å². The molecular weight excluding hydrogens is 387 g/mol. The predicted molar refractivity (Wildman–Crippen MR) is 99.9 cm³/mol. The molecule has 1 aromatic heterocycles. The van der Waals surface area contributed by atoms with Crippen molar-refractivity contribution in [2.24, 2.45) is 5.92 Å². The van der Waals surface area contributed by atoms with Gasteiger partial charge >= 0.3 is 0 Å². The Morgan fingerprint density at radius 1 is 1.29 bits per heavy atom. The largest absolute Gasteiger partial charge is 0.493 e. The standard InChI is InChI=1S/C19H23FN2O5S/c1-12-8-19(21-27-12)16-5-2-14(9-17(16)20)26-11-13-10-25-7-6-18(13)22-28(23,24)15-3-4-15/h2,5,8-9,13,15,18,22H,3-4,6-7,10-11H2,1H3/t13-,18+/m1/s1. The molecule has 2 fully saturated rings. The minimum absolute atomic E-state index is 0.136. The number of hydrogen-bond acceptors (Lipinski definition) is 6. The van der Waals surface area contributed by atoms with E-state index in [4.69, 9.17) is 14.0 Å². The van der Waals surface area contributed by atoms with E-state index in [-0.39, 0.29) is 23.8 Å². The Morgan fingerprint density at radius 3 is 2.79 bits per heavy atom. The first kappa shape index (κ1) is 19.4. The van der Waals surface area contributed by atoms with Crippen molar-refractivity contribution in [1.82, 2.24) is 9.88 Å². The van der Waals surface area contributed by atoms with Gasteiger partial charge < -0.3 is 14.0 Å². The molecule has 2 aromatic rings. The van der Waals surface area contributed by atoms with Gasteiger partial charge in [-0.2, -0.15) is 0 Å². The number of nitrogens with one attached hydrogen (secondary N) is 1. The molecule has 2 heterocycles. The monoisotopic (exact) mass is 410 g/mol. The molecule has 9 heteroatoms. The molecule has 1 saturated heterocycles. The number of hydrogen-bond donors (Lipinski definition) is 1. The van der Waals surface area contributed by atoms with Gasteiger partial charge in [-0.05, 0) is 38.3 Å². The van der Waals surface area contributed by atoms with Crippen molar-refractivity contribution >= 4 is 10.0 Å². The minimum atomic E-state index is -3.28. The summed E-state index contributed by atoms with van der Waals surface area (Å²) < 4.78 is 57.9. The summed E-state index contributed by atoms with van der Waals surface area (Å²) in [6.07, 6.45) is 2.03. The maximum absolute atomic E-state index is 14.4. The number of benzene rings is 1. The molecule has 1 aliphatic heterocycles. The normalized spacial score (nSPS) is 22.9. The lowest BCUT2D eigenvalue weighted by molar-refractivity contribution is 0.0186. The van der Waals surface area contributed by atoms with Crippen LogP contribution in [0.25, 0.3) is 11.3 Å². The molecule has 0 amide bonds. The van der Waals surface area contributed by atoms with E-state index in [1.165, 1.54) is 6.07 Å². The van der Waals surface area contributed by atoms with Crippen LogP contribution in [0.3, 0.4) is 0 Å². The Bertz CT molecular complexity index is 942. The number of aromatic nitrogens is 1. The van der Waals surface area contributed by atoms with E-state index in [0.717, 1.165) is 12.8 Å². The zero-order valence-corrected chi connectivity index (χ0v) is 16.4. The lowest BCUT2D eigenvalue weighted by Crippen LogP contribution is -2.48. The van der Waals surface area contributed by atoms with E-state index in [9.17, 15) is 12.8 Å². The lowest BCUT2D eigenvalue weighted by atomic mass is 9.98. The van der Waals surface area contributed by atoms with Crippen LogP contribution >= 0.6 is 0 Å². The molecule has 1 aliphatic carbocycles. The van der Waals surface area contributed by atoms with Gasteiger partial charge in [0.2, 0.25) is 10.0 Å². The third kappa shape index (κ3) is 4.37. The van der Waals surface area contributed by atoms with Crippen molar-refractivity contribution in [3.63, 3.8) is 0 Å². The molecular formula is C19H23FN2O5S. The third-order valence-corrected chi connectivity index (χ3v) is 7.04. The molecule has 1 N–H and O–H groups in total. The highest BCUT2D eigenvalue weighted by molar-refractivity contribution is 7.90. The molecule has 152 valence electrons. The van der Waals surface area contributed by atoms with Crippen LogP contribution in [0, 0.1) is 18.7 Å². The summed E-state index contributed by atoms with van der Waals surface area (Å²) in [7, 11) is -3.28. The highest BCUT2D eigenvalue weighted by Gasteiger charge is 2.39. The van der Waals surface area contributed by atoms with E-state index in [1.54, 1.807) is 25.1 Å². The zero-order chi connectivity index (χ0) is 19.7. The van der Waals surface area contributed by atoms with Crippen molar-refractivity contribution < 1.29 is 26.8 Å². The fourth-order valence-corrected chi connectivity index (χ4v) is 4.97. The van der Waals surface area contributed by atoms with E-state index >= 15 is 0 Å². The Labute approximate surface area is 163 Å². The van der Waals surface area contributed by atoms with Crippen molar-refractivity contribution in [1.29, 1.82) is 0 Å². The van der Waals surface area contributed by atoms with Gasteiger partial charge in [0.05, 0.1) is 18.5 Å². The van der Waals surface area contributed by atoms with Crippen LogP contribution in [0.1, 0.15) is 25.0 Å². The second-order valence-electron chi connectivity index (χ2n) is 7.37. The van der Waals surface area contributed by atoms with Crippen LogP contribution in [0.4, 0.5) is 4.39 Å². The first-order chi connectivity index (χ1) is 13.4. The molecule has 0 unspecified atom stereocenters. The van der Waals surface area contributed by atoms with Gasteiger partial charge in [0.25, 0.3) is 0 Å². The van der Waals surface area contributed by atoms with Crippen molar-refractivity contribution in [2.75, 3.05) is 19.8 Å². The number of sulfonamides is 1. The summed E-state index contributed by atoms with van der Waals surface area (Å²) in [4.78, 5) is 0. The van der Waals surface area contributed by atoms with Crippen LogP contribution in [0.5, 0.6) is 5.75 Å². The highest BCUT2D eigenvalue weighted by atomic mass is 32.2. The Morgan fingerprint density at radius 2 is 2.11 bits per heavy atom. The number of nitrogens with zero attached hydrogens (tertiary/aromatic N) is 1. The second-order valence-corrected chi connectivity index (χ2v) is 9.36. The topological polar surface area (TPSA) is 90.7 Å². The molecule has 2 atom stereocenters. The first-order valence-corrected chi connectivity index (χ1v) is 10.9. The quantitative estimate of drug-likeness (QED) is 0.755. The molecule has 2 aliphatic rings. The van der Waals surface area contributed by atoms with Gasteiger partial charge in [-0.3, -0.25) is 0 Å². The summed E-state index contributed by atoms with van der Waals surface area (Å²) in [6.45, 7) is 2.89. The fraction of sp³-hybridized carbons (Fsp3) is 0.526. The average Bonchev–Trinajstić information content (AvgIpc) is 3.44. The predicted octanol–water partition coefficient (Wildman–Crippen LogP) is 2.65.